The van der Waals surface area contributed by atoms with E-state index >= 15 is 0 Å². The first kappa shape index (κ1) is 17.5. The summed E-state index contributed by atoms with van der Waals surface area (Å²) < 4.78 is 10.0. The molecule has 0 unspecified atom stereocenters. The van der Waals surface area contributed by atoms with Crippen molar-refractivity contribution in [1.29, 1.82) is 0 Å². The number of fused-ring (bicyclic) bond motifs is 1. The predicted molar refractivity (Wildman–Crippen MR) is 94.1 cm³/mol. The van der Waals surface area contributed by atoms with Gasteiger partial charge in [-0.2, -0.15) is 0 Å². The summed E-state index contributed by atoms with van der Waals surface area (Å²) in [5.74, 6) is -0.317. The van der Waals surface area contributed by atoms with Gasteiger partial charge in [0.15, 0.2) is 6.61 Å². The van der Waals surface area contributed by atoms with Crippen molar-refractivity contribution in [2.24, 2.45) is 0 Å². The molecular weight excluding hydrogens is 336 g/mol. The maximum Gasteiger partial charge on any atom is 0.337 e. The number of esters is 1. The summed E-state index contributed by atoms with van der Waals surface area (Å²) in [4.78, 5) is 36.9. The highest BCUT2D eigenvalue weighted by Crippen LogP contribution is 2.29. The zero-order chi connectivity index (χ0) is 18.7. The van der Waals surface area contributed by atoms with Gasteiger partial charge in [-0.25, -0.2) is 4.79 Å². The van der Waals surface area contributed by atoms with E-state index in [0.717, 1.165) is 5.56 Å². The number of methoxy groups -OCH3 is 1. The fourth-order valence-electron chi connectivity index (χ4n) is 2.64. The van der Waals surface area contributed by atoms with Gasteiger partial charge in [-0.1, -0.05) is 12.1 Å². The van der Waals surface area contributed by atoms with E-state index in [0.29, 0.717) is 29.1 Å². The number of nitrogens with one attached hydrogen (secondary N) is 1. The van der Waals surface area contributed by atoms with Crippen molar-refractivity contribution in [1.82, 2.24) is 4.90 Å². The molecule has 2 amide bonds. The molecule has 0 spiro atoms. The van der Waals surface area contributed by atoms with Crippen LogP contribution < -0.4 is 10.1 Å². The Hall–Kier alpha value is -3.35. The molecule has 0 saturated carbocycles. The molecule has 2 aromatic rings. The van der Waals surface area contributed by atoms with Crippen LogP contribution in [0.25, 0.3) is 0 Å². The van der Waals surface area contributed by atoms with E-state index < -0.39 is 5.97 Å². The van der Waals surface area contributed by atoms with Gasteiger partial charge < -0.3 is 19.7 Å². The van der Waals surface area contributed by atoms with Gasteiger partial charge in [-0.15, -0.1) is 0 Å². The molecule has 2 aromatic carbocycles. The Morgan fingerprint density at radius 1 is 1.15 bits per heavy atom. The van der Waals surface area contributed by atoms with E-state index in [1.165, 1.54) is 7.11 Å². The minimum Gasteiger partial charge on any atom is -0.482 e. The normalized spacial score (nSPS) is 12.5. The van der Waals surface area contributed by atoms with Crippen molar-refractivity contribution in [3.8, 4) is 5.75 Å². The topological polar surface area (TPSA) is 84.9 Å². The van der Waals surface area contributed by atoms with Crippen molar-refractivity contribution in [2.75, 3.05) is 26.1 Å². The van der Waals surface area contributed by atoms with E-state index in [-0.39, 0.29) is 18.4 Å². The zero-order valence-corrected chi connectivity index (χ0v) is 14.4. The van der Waals surface area contributed by atoms with Crippen LogP contribution in [0.1, 0.15) is 26.3 Å². The molecule has 0 aromatic heterocycles. The van der Waals surface area contributed by atoms with E-state index in [1.807, 2.05) is 0 Å². The number of anilines is 1. The average Bonchev–Trinajstić information content (AvgIpc) is 2.66. The maximum atomic E-state index is 12.6. The number of amides is 2. The molecule has 1 aliphatic rings. The van der Waals surface area contributed by atoms with Crippen LogP contribution in [-0.2, 0) is 16.1 Å². The van der Waals surface area contributed by atoms with Gasteiger partial charge >= 0.3 is 5.97 Å². The van der Waals surface area contributed by atoms with Gasteiger partial charge in [0.1, 0.15) is 5.75 Å². The lowest BCUT2D eigenvalue weighted by Crippen LogP contribution is -2.28. The summed E-state index contributed by atoms with van der Waals surface area (Å²) >= 11 is 0. The van der Waals surface area contributed by atoms with E-state index in [2.05, 4.69) is 10.1 Å². The zero-order valence-electron chi connectivity index (χ0n) is 14.4. The number of hydrogen-bond acceptors (Lipinski definition) is 5. The molecule has 26 heavy (non-hydrogen) atoms. The van der Waals surface area contributed by atoms with E-state index in [1.54, 1.807) is 54.4 Å². The number of hydrogen-bond donors (Lipinski definition) is 1. The Balaban J connectivity index is 1.70. The highest BCUT2D eigenvalue weighted by molar-refractivity contribution is 5.99. The second-order valence-electron chi connectivity index (χ2n) is 5.90. The summed E-state index contributed by atoms with van der Waals surface area (Å²) in [6.07, 6.45) is 0. The Morgan fingerprint density at radius 2 is 1.85 bits per heavy atom. The van der Waals surface area contributed by atoms with Crippen molar-refractivity contribution in [3.05, 3.63) is 59.2 Å². The number of carbonyl (C=O) groups excluding carboxylic acids is 3. The van der Waals surface area contributed by atoms with Crippen molar-refractivity contribution in [3.63, 3.8) is 0 Å². The van der Waals surface area contributed by atoms with Gasteiger partial charge in [0.2, 0.25) is 0 Å². The smallest absolute Gasteiger partial charge is 0.337 e. The van der Waals surface area contributed by atoms with Gasteiger partial charge in [0.25, 0.3) is 11.8 Å². The van der Waals surface area contributed by atoms with Crippen LogP contribution in [0.15, 0.2) is 42.5 Å². The Kier molecular flexibility index (Phi) is 4.88. The van der Waals surface area contributed by atoms with Gasteiger partial charge in [0, 0.05) is 19.2 Å². The predicted octanol–water partition coefficient (Wildman–Crippen LogP) is 2.08. The molecule has 1 aliphatic heterocycles. The number of benzene rings is 2. The van der Waals surface area contributed by atoms with Crippen molar-refractivity contribution < 1.29 is 23.9 Å². The highest BCUT2D eigenvalue weighted by atomic mass is 16.5. The second kappa shape index (κ2) is 7.26. The molecular formula is C19H18N2O5. The SMILES string of the molecule is COC(=O)c1ccc(CN(C)C(=O)c2ccc3c(c2)OCC(=O)N3)cc1. The third kappa shape index (κ3) is 3.66. The lowest BCUT2D eigenvalue weighted by Gasteiger charge is -2.21. The first-order chi connectivity index (χ1) is 12.5. The molecule has 0 aliphatic carbocycles. The Labute approximate surface area is 150 Å². The summed E-state index contributed by atoms with van der Waals surface area (Å²) in [7, 11) is 3.02. The quantitative estimate of drug-likeness (QED) is 0.850. The highest BCUT2D eigenvalue weighted by Gasteiger charge is 2.19. The van der Waals surface area contributed by atoms with Gasteiger partial charge in [0.05, 0.1) is 18.4 Å². The fourth-order valence-corrected chi connectivity index (χ4v) is 2.64. The Morgan fingerprint density at radius 3 is 2.54 bits per heavy atom. The summed E-state index contributed by atoms with van der Waals surface area (Å²) in [6, 6.07) is 11.8. The third-order valence-corrected chi connectivity index (χ3v) is 4.00. The van der Waals surface area contributed by atoms with Crippen LogP contribution in [0, 0.1) is 0 Å². The van der Waals surface area contributed by atoms with Crippen molar-refractivity contribution in [2.45, 2.75) is 6.54 Å². The molecule has 7 heteroatoms. The molecule has 0 fully saturated rings. The number of ether oxygens (including phenoxy) is 2. The molecule has 3 rings (SSSR count). The fraction of sp³-hybridized carbons (Fsp3) is 0.211. The molecule has 0 radical (unpaired) electrons. The van der Waals surface area contributed by atoms with Crippen LogP contribution in [-0.4, -0.2) is 43.4 Å². The van der Waals surface area contributed by atoms with Crippen LogP contribution in [0.5, 0.6) is 5.75 Å². The molecule has 7 nitrogen and oxygen atoms in total. The first-order valence-corrected chi connectivity index (χ1v) is 7.97. The van der Waals surface area contributed by atoms with E-state index in [9.17, 15) is 14.4 Å². The van der Waals surface area contributed by atoms with E-state index in [4.69, 9.17) is 4.74 Å². The molecule has 134 valence electrons. The number of rotatable bonds is 4. The lowest BCUT2D eigenvalue weighted by atomic mass is 10.1. The summed E-state index contributed by atoms with van der Waals surface area (Å²) in [6.45, 7) is 0.321. The van der Waals surface area contributed by atoms with Crippen LogP contribution in [0.3, 0.4) is 0 Å². The van der Waals surface area contributed by atoms with Crippen LogP contribution >= 0.6 is 0 Å². The van der Waals surface area contributed by atoms with Crippen LogP contribution in [0.2, 0.25) is 0 Å². The molecule has 1 N–H and O–H groups in total. The standard InChI is InChI=1S/C19H18N2O5/c1-21(10-12-3-5-13(6-4-12)19(24)25-2)18(23)14-7-8-15-16(9-14)26-11-17(22)20-15/h3-9H,10-11H2,1-2H3,(H,20,22). The minimum absolute atomic E-state index is 0.0625. The summed E-state index contributed by atoms with van der Waals surface area (Å²) in [5.41, 5.74) is 2.36. The monoisotopic (exact) mass is 354 g/mol. The molecule has 0 saturated heterocycles. The minimum atomic E-state index is -0.401. The third-order valence-electron chi connectivity index (χ3n) is 4.00. The lowest BCUT2D eigenvalue weighted by molar-refractivity contribution is -0.118. The summed E-state index contributed by atoms with van der Waals surface area (Å²) in [5, 5.41) is 2.69. The van der Waals surface area contributed by atoms with Crippen LogP contribution in [0.4, 0.5) is 5.69 Å². The molecule has 1 heterocycles. The molecule has 0 bridgehead atoms. The maximum absolute atomic E-state index is 12.6. The second-order valence-corrected chi connectivity index (χ2v) is 5.90. The first-order valence-electron chi connectivity index (χ1n) is 7.97. The average molecular weight is 354 g/mol. The number of nitrogens with zero attached hydrogens (tertiary/aromatic N) is 1. The molecule has 0 atom stereocenters. The van der Waals surface area contributed by atoms with Gasteiger partial charge in [-0.3, -0.25) is 9.59 Å². The van der Waals surface area contributed by atoms with Gasteiger partial charge in [-0.05, 0) is 35.9 Å². The Bertz CT molecular complexity index is 861. The largest absolute Gasteiger partial charge is 0.482 e. The number of carbonyl (C=O) groups is 3. The van der Waals surface area contributed by atoms with Crippen molar-refractivity contribution >= 4 is 23.5 Å².